The van der Waals surface area contributed by atoms with Crippen molar-refractivity contribution in [3.63, 3.8) is 0 Å². The standard InChI is InChI=1S/C17H25FN4O2/c1-2-13-5-3-4-9-22(13)10-8-20-17(24)21-12-6-7-15(18)14(11-12)16(19)23/h6-7,11,13H,2-5,8-10H2,1H3,(H2,19,23)(H2,20,21,24). The Bertz CT molecular complexity index is 594. The van der Waals surface area contributed by atoms with Crippen molar-refractivity contribution in [1.29, 1.82) is 0 Å². The van der Waals surface area contributed by atoms with Crippen molar-refractivity contribution in [3.05, 3.63) is 29.6 Å². The fourth-order valence-electron chi connectivity index (χ4n) is 3.10. The maximum Gasteiger partial charge on any atom is 0.319 e. The van der Waals surface area contributed by atoms with E-state index in [-0.39, 0.29) is 11.6 Å². The minimum atomic E-state index is -0.868. The van der Waals surface area contributed by atoms with Crippen LogP contribution in [-0.2, 0) is 0 Å². The van der Waals surface area contributed by atoms with Crippen LogP contribution in [0.25, 0.3) is 0 Å². The first-order chi connectivity index (χ1) is 11.5. The summed E-state index contributed by atoms with van der Waals surface area (Å²) in [5.41, 5.74) is 5.17. The Morgan fingerprint density at radius 3 is 2.88 bits per heavy atom. The molecule has 132 valence electrons. The van der Waals surface area contributed by atoms with Crippen LogP contribution in [0.5, 0.6) is 0 Å². The molecule has 1 unspecified atom stereocenters. The van der Waals surface area contributed by atoms with Crippen LogP contribution < -0.4 is 16.4 Å². The van der Waals surface area contributed by atoms with Crippen LogP contribution in [0.15, 0.2) is 18.2 Å². The first-order valence-electron chi connectivity index (χ1n) is 8.39. The van der Waals surface area contributed by atoms with Gasteiger partial charge in [0.15, 0.2) is 0 Å². The van der Waals surface area contributed by atoms with E-state index in [4.69, 9.17) is 5.73 Å². The van der Waals surface area contributed by atoms with Gasteiger partial charge in [-0.15, -0.1) is 0 Å². The number of hydrogen-bond acceptors (Lipinski definition) is 3. The highest BCUT2D eigenvalue weighted by molar-refractivity contribution is 5.96. The number of benzene rings is 1. The molecular weight excluding hydrogens is 311 g/mol. The Balaban J connectivity index is 1.81. The molecule has 2 rings (SSSR count). The number of primary amides is 1. The minimum Gasteiger partial charge on any atom is -0.366 e. The van der Waals surface area contributed by atoms with Crippen molar-refractivity contribution < 1.29 is 14.0 Å². The number of halogens is 1. The van der Waals surface area contributed by atoms with Crippen molar-refractivity contribution in [2.45, 2.75) is 38.6 Å². The Morgan fingerprint density at radius 2 is 2.17 bits per heavy atom. The third-order valence-electron chi connectivity index (χ3n) is 4.39. The molecule has 0 saturated carbocycles. The predicted octanol–water partition coefficient (Wildman–Crippen LogP) is 2.31. The van der Waals surface area contributed by atoms with E-state index >= 15 is 0 Å². The van der Waals surface area contributed by atoms with Gasteiger partial charge in [0.1, 0.15) is 5.82 Å². The molecule has 1 aromatic carbocycles. The maximum atomic E-state index is 13.4. The molecule has 1 fully saturated rings. The van der Waals surface area contributed by atoms with Gasteiger partial charge in [0.2, 0.25) is 0 Å². The number of piperidine rings is 1. The molecule has 1 aliphatic rings. The summed E-state index contributed by atoms with van der Waals surface area (Å²) in [6.07, 6.45) is 4.82. The average Bonchev–Trinajstić information content (AvgIpc) is 2.56. The highest BCUT2D eigenvalue weighted by Gasteiger charge is 2.20. The van der Waals surface area contributed by atoms with E-state index in [2.05, 4.69) is 22.5 Å². The summed E-state index contributed by atoms with van der Waals surface area (Å²) in [5, 5.41) is 5.37. The van der Waals surface area contributed by atoms with Crippen LogP contribution in [0.1, 0.15) is 43.0 Å². The van der Waals surface area contributed by atoms with Gasteiger partial charge in [0.05, 0.1) is 5.56 Å². The second-order valence-electron chi connectivity index (χ2n) is 6.03. The molecule has 1 aromatic rings. The number of carbonyl (C=O) groups excluding carboxylic acids is 2. The number of amides is 3. The number of rotatable bonds is 6. The van der Waals surface area contributed by atoms with Crippen LogP contribution in [0, 0.1) is 5.82 Å². The first kappa shape index (κ1) is 18.2. The summed E-state index contributed by atoms with van der Waals surface area (Å²) in [7, 11) is 0. The van der Waals surface area contributed by atoms with E-state index in [0.29, 0.717) is 18.3 Å². The molecule has 6 nitrogen and oxygen atoms in total. The van der Waals surface area contributed by atoms with E-state index in [1.807, 2.05) is 0 Å². The number of anilines is 1. The fraction of sp³-hybridized carbons (Fsp3) is 0.529. The zero-order valence-electron chi connectivity index (χ0n) is 14.0. The van der Waals surface area contributed by atoms with Crippen LogP contribution in [-0.4, -0.2) is 42.5 Å². The van der Waals surface area contributed by atoms with Crippen LogP contribution >= 0.6 is 0 Å². The van der Waals surface area contributed by atoms with Crippen molar-refractivity contribution in [2.24, 2.45) is 5.73 Å². The van der Waals surface area contributed by atoms with Crippen LogP contribution in [0.2, 0.25) is 0 Å². The zero-order chi connectivity index (χ0) is 17.5. The molecule has 0 aliphatic carbocycles. The smallest absolute Gasteiger partial charge is 0.319 e. The lowest BCUT2D eigenvalue weighted by Gasteiger charge is -2.35. The molecule has 1 aliphatic heterocycles. The highest BCUT2D eigenvalue weighted by atomic mass is 19.1. The molecule has 0 aromatic heterocycles. The summed E-state index contributed by atoms with van der Waals surface area (Å²) in [6.45, 7) is 4.60. The summed E-state index contributed by atoms with van der Waals surface area (Å²) >= 11 is 0. The van der Waals surface area contributed by atoms with Gasteiger partial charge in [-0.1, -0.05) is 13.3 Å². The second kappa shape index (κ2) is 8.63. The van der Waals surface area contributed by atoms with Crippen molar-refractivity contribution in [1.82, 2.24) is 10.2 Å². The third kappa shape index (κ3) is 4.92. The lowest BCUT2D eigenvalue weighted by atomic mass is 10.0. The Kier molecular flexibility index (Phi) is 6.54. The summed E-state index contributed by atoms with van der Waals surface area (Å²) in [6, 6.07) is 3.93. The SMILES string of the molecule is CCC1CCCCN1CCNC(=O)Nc1ccc(F)c(C(N)=O)c1. The second-order valence-corrected chi connectivity index (χ2v) is 6.03. The topological polar surface area (TPSA) is 87.5 Å². The van der Waals surface area contributed by atoms with E-state index < -0.39 is 11.7 Å². The lowest BCUT2D eigenvalue weighted by Crippen LogP contribution is -2.44. The Morgan fingerprint density at radius 1 is 1.38 bits per heavy atom. The summed E-state index contributed by atoms with van der Waals surface area (Å²) in [4.78, 5) is 25.4. The fourth-order valence-corrected chi connectivity index (χ4v) is 3.10. The number of urea groups is 1. The van der Waals surface area contributed by atoms with Crippen LogP contribution in [0.4, 0.5) is 14.9 Å². The van der Waals surface area contributed by atoms with E-state index in [9.17, 15) is 14.0 Å². The molecule has 7 heteroatoms. The minimum absolute atomic E-state index is 0.244. The van der Waals surface area contributed by atoms with Gasteiger partial charge in [-0.05, 0) is 44.0 Å². The van der Waals surface area contributed by atoms with Gasteiger partial charge in [0.25, 0.3) is 5.91 Å². The molecule has 1 saturated heterocycles. The van der Waals surface area contributed by atoms with E-state index in [1.54, 1.807) is 0 Å². The molecular formula is C17H25FN4O2. The maximum absolute atomic E-state index is 13.4. The van der Waals surface area contributed by atoms with Gasteiger partial charge >= 0.3 is 6.03 Å². The van der Waals surface area contributed by atoms with Gasteiger partial charge in [-0.3, -0.25) is 9.69 Å². The zero-order valence-corrected chi connectivity index (χ0v) is 14.0. The highest BCUT2D eigenvalue weighted by Crippen LogP contribution is 2.18. The molecule has 0 spiro atoms. The van der Waals surface area contributed by atoms with Crippen molar-refractivity contribution >= 4 is 17.6 Å². The van der Waals surface area contributed by atoms with Crippen molar-refractivity contribution in [3.8, 4) is 0 Å². The molecule has 1 atom stereocenters. The van der Waals surface area contributed by atoms with Gasteiger partial charge in [-0.25, -0.2) is 9.18 Å². The predicted molar refractivity (Wildman–Crippen MR) is 91.4 cm³/mol. The monoisotopic (exact) mass is 336 g/mol. The molecule has 24 heavy (non-hydrogen) atoms. The Hall–Kier alpha value is -2.15. The summed E-state index contributed by atoms with van der Waals surface area (Å²) in [5.74, 6) is -1.57. The molecule has 0 bridgehead atoms. The largest absolute Gasteiger partial charge is 0.366 e. The summed E-state index contributed by atoms with van der Waals surface area (Å²) < 4.78 is 13.4. The number of likely N-dealkylation sites (tertiary alicyclic amines) is 1. The van der Waals surface area contributed by atoms with Gasteiger partial charge in [0, 0.05) is 24.8 Å². The first-order valence-corrected chi connectivity index (χ1v) is 8.39. The van der Waals surface area contributed by atoms with E-state index in [1.165, 1.54) is 31.4 Å². The molecule has 4 N–H and O–H groups in total. The molecule has 3 amide bonds. The van der Waals surface area contributed by atoms with Gasteiger partial charge < -0.3 is 16.4 Å². The van der Waals surface area contributed by atoms with Crippen LogP contribution in [0.3, 0.4) is 0 Å². The number of nitrogens with zero attached hydrogens (tertiary/aromatic N) is 1. The normalized spacial score (nSPS) is 18.2. The van der Waals surface area contributed by atoms with Gasteiger partial charge in [-0.2, -0.15) is 0 Å². The Labute approximate surface area is 141 Å². The number of hydrogen-bond donors (Lipinski definition) is 3. The molecule has 1 heterocycles. The quantitative estimate of drug-likeness (QED) is 0.745. The molecule has 0 radical (unpaired) electrons. The lowest BCUT2D eigenvalue weighted by molar-refractivity contribution is 0.0996. The average molecular weight is 336 g/mol. The number of carbonyl (C=O) groups is 2. The van der Waals surface area contributed by atoms with Crippen molar-refractivity contribution in [2.75, 3.05) is 25.0 Å². The van der Waals surface area contributed by atoms with E-state index in [0.717, 1.165) is 25.6 Å². The number of nitrogens with two attached hydrogens (primary N) is 1. The number of nitrogens with one attached hydrogen (secondary N) is 2. The third-order valence-corrected chi connectivity index (χ3v) is 4.39.